The molecule has 0 aliphatic heterocycles. The molecule has 0 N–H and O–H groups in total. The van der Waals surface area contributed by atoms with Crippen LogP contribution in [0.25, 0.3) is 22.6 Å². The van der Waals surface area contributed by atoms with E-state index >= 15 is 0 Å². The van der Waals surface area contributed by atoms with Crippen LogP contribution in [0.4, 0.5) is 0 Å². The second-order valence-corrected chi connectivity index (χ2v) is 4.87. The number of methoxy groups -OCH3 is 1. The molecule has 0 aliphatic rings. The third-order valence-corrected chi connectivity index (χ3v) is 3.44. The first-order chi connectivity index (χ1) is 11.2. The van der Waals surface area contributed by atoms with E-state index in [2.05, 4.69) is 9.97 Å². The van der Waals surface area contributed by atoms with Gasteiger partial charge in [0, 0.05) is 6.20 Å². The van der Waals surface area contributed by atoms with Crippen LogP contribution in [0, 0.1) is 0 Å². The lowest BCUT2D eigenvalue weighted by Gasteiger charge is -2.11. The van der Waals surface area contributed by atoms with E-state index in [1.54, 1.807) is 24.8 Å². The van der Waals surface area contributed by atoms with Crippen molar-refractivity contribution in [2.75, 3.05) is 13.7 Å². The third kappa shape index (κ3) is 2.88. The van der Waals surface area contributed by atoms with E-state index in [9.17, 15) is 4.79 Å². The molecule has 0 unspecified atom stereocenters. The van der Waals surface area contributed by atoms with Gasteiger partial charge in [-0.25, -0.2) is 9.97 Å². The minimum absolute atomic E-state index is 0.0503. The van der Waals surface area contributed by atoms with E-state index in [1.165, 1.54) is 0 Å². The summed E-state index contributed by atoms with van der Waals surface area (Å²) in [5, 5.41) is 0. The molecule has 118 valence electrons. The van der Waals surface area contributed by atoms with E-state index in [-0.39, 0.29) is 12.5 Å². The molecule has 6 heteroatoms. The van der Waals surface area contributed by atoms with Gasteiger partial charge in [0.15, 0.2) is 5.65 Å². The second-order valence-electron chi connectivity index (χ2n) is 4.87. The highest BCUT2D eigenvalue weighted by Gasteiger charge is 2.18. The SMILES string of the molecule is CCOC(=O)Cn1c(-c2ccccc2OC)nc2cccnc21. The molecule has 3 aromatic rings. The number of esters is 1. The summed E-state index contributed by atoms with van der Waals surface area (Å²) in [7, 11) is 1.61. The number of carbonyl (C=O) groups is 1. The summed E-state index contributed by atoms with van der Waals surface area (Å²) in [5.74, 6) is 0.991. The predicted octanol–water partition coefficient (Wildman–Crippen LogP) is 2.67. The molecule has 0 atom stereocenters. The zero-order valence-corrected chi connectivity index (χ0v) is 13.0. The van der Waals surface area contributed by atoms with Gasteiger partial charge in [-0.15, -0.1) is 0 Å². The normalized spacial score (nSPS) is 10.7. The molecule has 23 heavy (non-hydrogen) atoms. The van der Waals surface area contributed by atoms with Crippen molar-refractivity contribution < 1.29 is 14.3 Å². The molecule has 0 bridgehead atoms. The zero-order chi connectivity index (χ0) is 16.2. The van der Waals surface area contributed by atoms with Crippen molar-refractivity contribution in [3.05, 3.63) is 42.6 Å². The van der Waals surface area contributed by atoms with Crippen LogP contribution >= 0.6 is 0 Å². The number of rotatable bonds is 5. The Kier molecular flexibility index (Phi) is 4.23. The largest absolute Gasteiger partial charge is 0.496 e. The summed E-state index contributed by atoms with van der Waals surface area (Å²) >= 11 is 0. The minimum Gasteiger partial charge on any atom is -0.496 e. The molecule has 0 fully saturated rings. The Labute approximate surface area is 133 Å². The number of hydrogen-bond donors (Lipinski definition) is 0. The van der Waals surface area contributed by atoms with Crippen molar-refractivity contribution in [1.29, 1.82) is 0 Å². The molecule has 6 nitrogen and oxygen atoms in total. The Morgan fingerprint density at radius 2 is 2.04 bits per heavy atom. The van der Waals surface area contributed by atoms with Gasteiger partial charge in [0.25, 0.3) is 0 Å². The van der Waals surface area contributed by atoms with E-state index in [0.717, 1.165) is 11.1 Å². The minimum atomic E-state index is -0.325. The number of fused-ring (bicyclic) bond motifs is 1. The maximum Gasteiger partial charge on any atom is 0.326 e. The Morgan fingerprint density at radius 1 is 1.22 bits per heavy atom. The van der Waals surface area contributed by atoms with Crippen LogP contribution in [0.1, 0.15) is 6.92 Å². The highest BCUT2D eigenvalue weighted by Crippen LogP contribution is 2.31. The molecule has 0 spiro atoms. The van der Waals surface area contributed by atoms with Gasteiger partial charge in [-0.05, 0) is 31.2 Å². The van der Waals surface area contributed by atoms with Crippen molar-refractivity contribution >= 4 is 17.1 Å². The van der Waals surface area contributed by atoms with E-state index < -0.39 is 0 Å². The molecule has 0 saturated heterocycles. The van der Waals surface area contributed by atoms with Crippen molar-refractivity contribution in [2.45, 2.75) is 13.5 Å². The smallest absolute Gasteiger partial charge is 0.326 e. The number of nitrogens with zero attached hydrogens (tertiary/aromatic N) is 3. The average Bonchev–Trinajstić information content (AvgIpc) is 2.93. The van der Waals surface area contributed by atoms with Gasteiger partial charge >= 0.3 is 5.97 Å². The number of carbonyl (C=O) groups excluding carboxylic acids is 1. The van der Waals surface area contributed by atoms with E-state index in [4.69, 9.17) is 9.47 Å². The maximum absolute atomic E-state index is 12.0. The maximum atomic E-state index is 12.0. The number of aromatic nitrogens is 3. The summed E-state index contributed by atoms with van der Waals surface area (Å²) < 4.78 is 12.2. The first-order valence-electron chi connectivity index (χ1n) is 7.35. The number of hydrogen-bond acceptors (Lipinski definition) is 5. The fourth-order valence-corrected chi connectivity index (χ4v) is 2.48. The van der Waals surface area contributed by atoms with Gasteiger partial charge in [0.05, 0.1) is 19.3 Å². The molecular weight excluding hydrogens is 294 g/mol. The number of ether oxygens (including phenoxy) is 2. The molecule has 0 amide bonds. The monoisotopic (exact) mass is 311 g/mol. The quantitative estimate of drug-likeness (QED) is 0.678. The molecule has 2 aromatic heterocycles. The molecule has 0 radical (unpaired) electrons. The van der Waals surface area contributed by atoms with Gasteiger partial charge in [-0.3, -0.25) is 9.36 Å². The second kappa shape index (κ2) is 6.48. The predicted molar refractivity (Wildman–Crippen MR) is 86.1 cm³/mol. The molecule has 3 rings (SSSR count). The third-order valence-electron chi connectivity index (χ3n) is 3.44. The van der Waals surface area contributed by atoms with Crippen LogP contribution in [-0.4, -0.2) is 34.2 Å². The number of imidazole rings is 1. The topological polar surface area (TPSA) is 66.2 Å². The molecule has 2 heterocycles. The Balaban J connectivity index is 2.17. The molecule has 1 aromatic carbocycles. The lowest BCUT2D eigenvalue weighted by Crippen LogP contribution is -2.14. The number of benzene rings is 1. The average molecular weight is 311 g/mol. The number of para-hydroxylation sites is 1. The van der Waals surface area contributed by atoms with Gasteiger partial charge < -0.3 is 9.47 Å². The van der Waals surface area contributed by atoms with Gasteiger partial charge in [-0.1, -0.05) is 12.1 Å². The first-order valence-corrected chi connectivity index (χ1v) is 7.35. The van der Waals surface area contributed by atoms with E-state index in [0.29, 0.717) is 23.8 Å². The van der Waals surface area contributed by atoms with Crippen molar-refractivity contribution in [1.82, 2.24) is 14.5 Å². The van der Waals surface area contributed by atoms with Crippen molar-refractivity contribution in [3.63, 3.8) is 0 Å². The van der Waals surface area contributed by atoms with Crippen molar-refractivity contribution in [2.24, 2.45) is 0 Å². The highest BCUT2D eigenvalue weighted by atomic mass is 16.5. The van der Waals surface area contributed by atoms with E-state index in [1.807, 2.05) is 36.4 Å². The van der Waals surface area contributed by atoms with Crippen molar-refractivity contribution in [3.8, 4) is 17.1 Å². The van der Waals surface area contributed by atoms with Crippen LogP contribution in [-0.2, 0) is 16.1 Å². The molecule has 0 saturated carbocycles. The summed E-state index contributed by atoms with van der Waals surface area (Å²) in [4.78, 5) is 20.9. The standard InChI is InChI=1S/C17H17N3O3/c1-3-23-15(21)11-20-16(12-7-4-5-9-14(12)22-2)19-13-8-6-10-18-17(13)20/h4-10H,3,11H2,1-2H3. The van der Waals surface area contributed by atoms with Crippen LogP contribution in [0.3, 0.4) is 0 Å². The van der Waals surface area contributed by atoms with Gasteiger partial charge in [-0.2, -0.15) is 0 Å². The van der Waals surface area contributed by atoms with Crippen LogP contribution < -0.4 is 4.74 Å². The van der Waals surface area contributed by atoms with Gasteiger partial charge in [0.2, 0.25) is 0 Å². The summed E-state index contributed by atoms with van der Waals surface area (Å²) in [6.07, 6.45) is 1.68. The molecular formula is C17H17N3O3. The van der Waals surface area contributed by atoms with Crippen LogP contribution in [0.15, 0.2) is 42.6 Å². The molecule has 0 aliphatic carbocycles. The lowest BCUT2D eigenvalue weighted by atomic mass is 10.2. The lowest BCUT2D eigenvalue weighted by molar-refractivity contribution is -0.143. The summed E-state index contributed by atoms with van der Waals surface area (Å²) in [6.45, 7) is 2.17. The summed E-state index contributed by atoms with van der Waals surface area (Å²) in [6, 6.07) is 11.2. The Bertz CT molecular complexity index is 842. The van der Waals surface area contributed by atoms with Crippen LogP contribution in [0.5, 0.6) is 5.75 Å². The van der Waals surface area contributed by atoms with Gasteiger partial charge in [0.1, 0.15) is 23.6 Å². The first kappa shape index (κ1) is 15.0. The highest BCUT2D eigenvalue weighted by molar-refractivity contribution is 5.81. The fourth-order valence-electron chi connectivity index (χ4n) is 2.48. The Morgan fingerprint density at radius 3 is 2.83 bits per heavy atom. The number of pyridine rings is 1. The Hall–Kier alpha value is -2.89. The fraction of sp³-hybridized carbons (Fsp3) is 0.235. The zero-order valence-electron chi connectivity index (χ0n) is 13.0. The van der Waals surface area contributed by atoms with Crippen LogP contribution in [0.2, 0.25) is 0 Å². The summed E-state index contributed by atoms with van der Waals surface area (Å²) in [5.41, 5.74) is 2.16.